The quantitative estimate of drug-likeness (QED) is 0.599. The van der Waals surface area contributed by atoms with E-state index in [2.05, 4.69) is 22.5 Å². The number of rotatable bonds is 3. The van der Waals surface area contributed by atoms with Gasteiger partial charge in [0, 0.05) is 10.0 Å². The van der Waals surface area contributed by atoms with Crippen LogP contribution in [0.15, 0.2) is 35.3 Å². The summed E-state index contributed by atoms with van der Waals surface area (Å²) in [5.74, 6) is 0. The molecule has 0 saturated carbocycles. The Labute approximate surface area is 90.5 Å². The van der Waals surface area contributed by atoms with Crippen molar-refractivity contribution in [3.63, 3.8) is 0 Å². The summed E-state index contributed by atoms with van der Waals surface area (Å²) in [7, 11) is 0. The number of allylic oxidation sites excluding steroid dienone is 1. The SMILES string of the molecule is C=CCc1ccc(C(=O)Cl)cc1Br. The van der Waals surface area contributed by atoms with Crippen LogP contribution in [0.2, 0.25) is 0 Å². The molecule has 0 heterocycles. The highest BCUT2D eigenvalue weighted by Gasteiger charge is 2.04. The van der Waals surface area contributed by atoms with Gasteiger partial charge in [-0.15, -0.1) is 6.58 Å². The molecule has 0 amide bonds. The first-order valence-corrected chi connectivity index (χ1v) is 4.91. The van der Waals surface area contributed by atoms with Crippen LogP contribution in [0.25, 0.3) is 0 Å². The second-order valence-electron chi connectivity index (χ2n) is 2.57. The number of hydrogen-bond donors (Lipinski definition) is 0. The van der Waals surface area contributed by atoms with E-state index in [9.17, 15) is 4.79 Å². The molecule has 0 bridgehead atoms. The Balaban J connectivity index is 3.04. The van der Waals surface area contributed by atoms with E-state index in [0.29, 0.717) is 5.56 Å². The highest BCUT2D eigenvalue weighted by Crippen LogP contribution is 2.20. The van der Waals surface area contributed by atoms with Crippen LogP contribution >= 0.6 is 27.5 Å². The molecule has 3 heteroatoms. The molecule has 0 aliphatic heterocycles. The Bertz CT molecular complexity index is 347. The minimum atomic E-state index is -0.439. The molecule has 1 rings (SSSR count). The van der Waals surface area contributed by atoms with Gasteiger partial charge in [0.1, 0.15) is 0 Å². The molecular weight excluding hydrogens is 251 g/mol. The predicted molar refractivity (Wildman–Crippen MR) is 58.2 cm³/mol. The largest absolute Gasteiger partial charge is 0.276 e. The van der Waals surface area contributed by atoms with Gasteiger partial charge < -0.3 is 0 Å². The number of halogens is 2. The van der Waals surface area contributed by atoms with Crippen molar-refractivity contribution in [3.05, 3.63) is 46.5 Å². The van der Waals surface area contributed by atoms with Gasteiger partial charge in [0.25, 0.3) is 5.24 Å². The number of benzene rings is 1. The molecule has 68 valence electrons. The van der Waals surface area contributed by atoms with Crippen molar-refractivity contribution in [2.75, 3.05) is 0 Å². The van der Waals surface area contributed by atoms with E-state index in [-0.39, 0.29) is 0 Å². The molecule has 0 saturated heterocycles. The average molecular weight is 260 g/mol. The molecule has 0 radical (unpaired) electrons. The first kappa shape index (κ1) is 10.5. The van der Waals surface area contributed by atoms with E-state index in [1.54, 1.807) is 12.1 Å². The van der Waals surface area contributed by atoms with E-state index >= 15 is 0 Å². The molecule has 0 atom stereocenters. The first-order valence-electron chi connectivity index (χ1n) is 3.74. The van der Waals surface area contributed by atoms with E-state index in [4.69, 9.17) is 11.6 Å². The highest BCUT2D eigenvalue weighted by atomic mass is 79.9. The van der Waals surface area contributed by atoms with Gasteiger partial charge in [-0.2, -0.15) is 0 Å². The van der Waals surface area contributed by atoms with Crippen molar-refractivity contribution in [1.29, 1.82) is 0 Å². The van der Waals surface area contributed by atoms with Gasteiger partial charge in [0.05, 0.1) is 0 Å². The van der Waals surface area contributed by atoms with E-state index in [1.807, 2.05) is 12.1 Å². The third-order valence-corrected chi connectivity index (χ3v) is 2.60. The molecule has 0 fully saturated rings. The van der Waals surface area contributed by atoms with Gasteiger partial charge in [-0.05, 0) is 35.7 Å². The fourth-order valence-corrected chi connectivity index (χ4v) is 1.65. The second kappa shape index (κ2) is 4.58. The van der Waals surface area contributed by atoms with Gasteiger partial charge >= 0.3 is 0 Å². The van der Waals surface area contributed by atoms with E-state index in [1.165, 1.54) is 0 Å². The van der Waals surface area contributed by atoms with Gasteiger partial charge in [-0.25, -0.2) is 0 Å². The van der Waals surface area contributed by atoms with Crippen molar-refractivity contribution in [2.24, 2.45) is 0 Å². The lowest BCUT2D eigenvalue weighted by atomic mass is 10.1. The predicted octanol–water partition coefficient (Wildman–Crippen LogP) is 3.56. The van der Waals surface area contributed by atoms with E-state index in [0.717, 1.165) is 16.5 Å². The molecular formula is C10H8BrClO. The van der Waals surface area contributed by atoms with Crippen LogP contribution in [0.1, 0.15) is 15.9 Å². The Hall–Kier alpha value is -0.600. The van der Waals surface area contributed by atoms with Gasteiger partial charge in [0.2, 0.25) is 0 Å². The fraction of sp³-hybridized carbons (Fsp3) is 0.100. The van der Waals surface area contributed by atoms with Crippen molar-refractivity contribution in [1.82, 2.24) is 0 Å². The molecule has 1 nitrogen and oxygen atoms in total. The third kappa shape index (κ3) is 2.68. The van der Waals surface area contributed by atoms with Crippen LogP contribution in [0.3, 0.4) is 0 Å². The topological polar surface area (TPSA) is 17.1 Å². The number of carbonyl (C=O) groups is 1. The summed E-state index contributed by atoms with van der Waals surface area (Å²) in [6, 6.07) is 5.29. The van der Waals surface area contributed by atoms with Crippen LogP contribution in [-0.2, 0) is 6.42 Å². The lowest BCUT2D eigenvalue weighted by Gasteiger charge is -2.01. The summed E-state index contributed by atoms with van der Waals surface area (Å²) in [4.78, 5) is 10.8. The van der Waals surface area contributed by atoms with Gasteiger partial charge in [0.15, 0.2) is 0 Å². The van der Waals surface area contributed by atoms with Crippen LogP contribution in [-0.4, -0.2) is 5.24 Å². The van der Waals surface area contributed by atoms with Crippen molar-refractivity contribution < 1.29 is 4.79 Å². The minimum Gasteiger partial charge on any atom is -0.276 e. The molecule has 0 spiro atoms. The zero-order chi connectivity index (χ0) is 9.84. The maximum atomic E-state index is 10.8. The minimum absolute atomic E-state index is 0.439. The molecule has 0 aromatic heterocycles. The Kier molecular flexibility index (Phi) is 3.70. The standard InChI is InChI=1S/C10H8BrClO/c1-2-3-7-4-5-8(10(12)13)6-9(7)11/h2,4-6H,1,3H2. The van der Waals surface area contributed by atoms with Gasteiger partial charge in [-0.1, -0.05) is 28.1 Å². The monoisotopic (exact) mass is 258 g/mol. The summed E-state index contributed by atoms with van der Waals surface area (Å²) < 4.78 is 0.888. The molecule has 1 aromatic rings. The van der Waals surface area contributed by atoms with Crippen LogP contribution in [0.5, 0.6) is 0 Å². The van der Waals surface area contributed by atoms with Crippen LogP contribution < -0.4 is 0 Å². The third-order valence-electron chi connectivity index (χ3n) is 1.64. The molecule has 1 aromatic carbocycles. The highest BCUT2D eigenvalue weighted by molar-refractivity contribution is 9.10. The maximum Gasteiger partial charge on any atom is 0.252 e. The lowest BCUT2D eigenvalue weighted by Crippen LogP contribution is -1.91. The van der Waals surface area contributed by atoms with Gasteiger partial charge in [-0.3, -0.25) is 4.79 Å². The molecule has 0 aliphatic rings. The summed E-state index contributed by atoms with van der Waals surface area (Å²) in [5, 5.41) is -0.439. The first-order chi connectivity index (χ1) is 6.15. The number of hydrogen-bond acceptors (Lipinski definition) is 1. The Morgan fingerprint density at radius 3 is 2.77 bits per heavy atom. The van der Waals surface area contributed by atoms with Crippen LogP contribution in [0.4, 0.5) is 0 Å². The molecule has 0 aliphatic carbocycles. The van der Waals surface area contributed by atoms with Crippen molar-refractivity contribution in [3.8, 4) is 0 Å². The van der Waals surface area contributed by atoms with Crippen molar-refractivity contribution >= 4 is 32.8 Å². The maximum absolute atomic E-state index is 10.8. The Morgan fingerprint density at radius 1 is 1.62 bits per heavy atom. The van der Waals surface area contributed by atoms with Crippen molar-refractivity contribution in [2.45, 2.75) is 6.42 Å². The zero-order valence-corrected chi connectivity index (χ0v) is 9.23. The smallest absolute Gasteiger partial charge is 0.252 e. The fourth-order valence-electron chi connectivity index (χ4n) is 0.991. The summed E-state index contributed by atoms with van der Waals surface area (Å²) in [5.41, 5.74) is 1.60. The van der Waals surface area contributed by atoms with E-state index < -0.39 is 5.24 Å². The molecule has 0 N–H and O–H groups in total. The Morgan fingerprint density at radius 2 is 2.31 bits per heavy atom. The summed E-state index contributed by atoms with van der Waals surface area (Å²) in [6.45, 7) is 3.64. The second-order valence-corrected chi connectivity index (χ2v) is 3.77. The van der Waals surface area contributed by atoms with Crippen LogP contribution in [0, 0.1) is 0 Å². The average Bonchev–Trinajstić information content (AvgIpc) is 2.08. The molecule has 13 heavy (non-hydrogen) atoms. The zero-order valence-electron chi connectivity index (χ0n) is 6.89. The number of carbonyl (C=O) groups excluding carboxylic acids is 1. The molecule has 0 unspecified atom stereocenters. The lowest BCUT2D eigenvalue weighted by molar-refractivity contribution is 0.108. The summed E-state index contributed by atoms with van der Waals surface area (Å²) in [6.07, 6.45) is 2.58. The summed E-state index contributed by atoms with van der Waals surface area (Å²) >= 11 is 8.68. The normalized spacial score (nSPS) is 9.69.